The van der Waals surface area contributed by atoms with Crippen molar-refractivity contribution in [2.45, 2.75) is 25.1 Å². The van der Waals surface area contributed by atoms with Gasteiger partial charge in [-0.2, -0.15) is 13.2 Å². The third-order valence-electron chi connectivity index (χ3n) is 2.42. The lowest BCUT2D eigenvalue weighted by molar-refractivity contribution is -0.167. The molecule has 0 aromatic rings. The number of hydrogen-bond donors (Lipinski definition) is 0. The Morgan fingerprint density at radius 3 is 2.38 bits per heavy atom. The minimum atomic E-state index is -4.39. The van der Waals surface area contributed by atoms with Crippen LogP contribution in [0.1, 0.15) is 12.8 Å². The van der Waals surface area contributed by atoms with Gasteiger partial charge in [-0.05, 0) is 12.8 Å². The molecule has 94 valence electrons. The second-order valence-electron chi connectivity index (χ2n) is 3.61. The molecule has 0 N–H and O–H groups in total. The van der Waals surface area contributed by atoms with Crippen LogP contribution in [0.4, 0.5) is 13.2 Å². The van der Waals surface area contributed by atoms with Crippen molar-refractivity contribution in [2.75, 3.05) is 25.6 Å². The van der Waals surface area contributed by atoms with Gasteiger partial charge in [0.1, 0.15) is 12.4 Å². The van der Waals surface area contributed by atoms with Crippen LogP contribution in [-0.4, -0.2) is 48.7 Å². The van der Waals surface area contributed by atoms with Crippen molar-refractivity contribution in [1.82, 2.24) is 4.90 Å². The summed E-state index contributed by atoms with van der Waals surface area (Å²) in [5.41, 5.74) is 0. The predicted octanol–water partition coefficient (Wildman–Crippen LogP) is 1.80. The summed E-state index contributed by atoms with van der Waals surface area (Å²) in [5.74, 6) is -1.10. The SMILES string of the molecule is O=C(CCl)N(CC(F)(F)F)C1CCOCC1. The zero-order valence-electron chi connectivity index (χ0n) is 8.60. The van der Waals surface area contributed by atoms with Crippen LogP contribution in [-0.2, 0) is 9.53 Å². The Bertz CT molecular complexity index is 241. The molecular weight excluding hydrogens is 247 g/mol. The molecule has 1 aliphatic rings. The van der Waals surface area contributed by atoms with E-state index >= 15 is 0 Å². The Morgan fingerprint density at radius 1 is 1.38 bits per heavy atom. The summed E-state index contributed by atoms with van der Waals surface area (Å²) in [6.07, 6.45) is -3.53. The van der Waals surface area contributed by atoms with Crippen LogP contribution in [0.25, 0.3) is 0 Å². The fraction of sp³-hybridized carbons (Fsp3) is 0.889. The zero-order chi connectivity index (χ0) is 12.2. The molecule has 16 heavy (non-hydrogen) atoms. The average molecular weight is 260 g/mol. The van der Waals surface area contributed by atoms with E-state index in [9.17, 15) is 18.0 Å². The first-order valence-corrected chi connectivity index (χ1v) is 5.47. The van der Waals surface area contributed by atoms with Crippen LogP contribution in [0, 0.1) is 0 Å². The number of ether oxygens (including phenoxy) is 1. The fourth-order valence-corrected chi connectivity index (χ4v) is 1.84. The lowest BCUT2D eigenvalue weighted by atomic mass is 10.1. The highest BCUT2D eigenvalue weighted by molar-refractivity contribution is 6.27. The van der Waals surface area contributed by atoms with Gasteiger partial charge in [-0.3, -0.25) is 4.79 Å². The van der Waals surface area contributed by atoms with E-state index in [1.807, 2.05) is 0 Å². The van der Waals surface area contributed by atoms with Gasteiger partial charge in [-0.25, -0.2) is 0 Å². The molecule has 0 unspecified atom stereocenters. The van der Waals surface area contributed by atoms with Crippen molar-refractivity contribution in [2.24, 2.45) is 0 Å². The molecule has 1 fully saturated rings. The van der Waals surface area contributed by atoms with E-state index in [4.69, 9.17) is 16.3 Å². The van der Waals surface area contributed by atoms with E-state index in [0.29, 0.717) is 26.1 Å². The minimum Gasteiger partial charge on any atom is -0.381 e. The van der Waals surface area contributed by atoms with Crippen LogP contribution in [0.3, 0.4) is 0 Å². The Hall–Kier alpha value is -0.490. The number of amides is 1. The van der Waals surface area contributed by atoms with Gasteiger partial charge < -0.3 is 9.64 Å². The van der Waals surface area contributed by atoms with Gasteiger partial charge in [0, 0.05) is 19.3 Å². The Balaban J connectivity index is 2.65. The first-order valence-electron chi connectivity index (χ1n) is 4.94. The van der Waals surface area contributed by atoms with Crippen molar-refractivity contribution >= 4 is 17.5 Å². The third kappa shape index (κ3) is 4.17. The highest BCUT2D eigenvalue weighted by Gasteiger charge is 2.36. The smallest absolute Gasteiger partial charge is 0.381 e. The van der Waals surface area contributed by atoms with Gasteiger partial charge in [-0.15, -0.1) is 11.6 Å². The number of hydrogen-bond acceptors (Lipinski definition) is 2. The maximum absolute atomic E-state index is 12.3. The summed E-state index contributed by atoms with van der Waals surface area (Å²) < 4.78 is 41.9. The fourth-order valence-electron chi connectivity index (χ4n) is 1.69. The monoisotopic (exact) mass is 259 g/mol. The van der Waals surface area contributed by atoms with Crippen molar-refractivity contribution in [3.8, 4) is 0 Å². The number of carbonyl (C=O) groups is 1. The number of alkyl halides is 4. The van der Waals surface area contributed by atoms with E-state index in [-0.39, 0.29) is 0 Å². The van der Waals surface area contributed by atoms with Crippen molar-refractivity contribution in [1.29, 1.82) is 0 Å². The molecular formula is C9H13ClF3NO2. The molecule has 0 saturated carbocycles. The van der Waals surface area contributed by atoms with Crippen LogP contribution < -0.4 is 0 Å². The highest BCUT2D eigenvalue weighted by atomic mass is 35.5. The molecule has 0 atom stereocenters. The number of carbonyl (C=O) groups excluding carboxylic acids is 1. The molecule has 0 aromatic carbocycles. The van der Waals surface area contributed by atoms with E-state index in [0.717, 1.165) is 4.90 Å². The van der Waals surface area contributed by atoms with E-state index < -0.39 is 30.6 Å². The Labute approximate surface area is 96.5 Å². The van der Waals surface area contributed by atoms with Gasteiger partial charge in [0.2, 0.25) is 5.91 Å². The molecule has 0 aromatic heterocycles. The second-order valence-corrected chi connectivity index (χ2v) is 3.88. The van der Waals surface area contributed by atoms with Crippen molar-refractivity contribution in [3.63, 3.8) is 0 Å². The molecule has 1 heterocycles. The van der Waals surface area contributed by atoms with Gasteiger partial charge >= 0.3 is 6.18 Å². The lowest BCUT2D eigenvalue weighted by Gasteiger charge is -2.34. The molecule has 0 aliphatic carbocycles. The standard InChI is InChI=1S/C9H13ClF3NO2/c10-5-8(15)14(6-9(11,12)13)7-1-3-16-4-2-7/h7H,1-6H2. The number of halogens is 4. The largest absolute Gasteiger partial charge is 0.406 e. The molecule has 1 rings (SSSR count). The molecule has 1 aliphatic heterocycles. The van der Waals surface area contributed by atoms with Crippen LogP contribution in [0.5, 0.6) is 0 Å². The average Bonchev–Trinajstić information content (AvgIpc) is 2.25. The molecule has 0 spiro atoms. The van der Waals surface area contributed by atoms with E-state index in [2.05, 4.69) is 0 Å². The summed E-state index contributed by atoms with van der Waals surface area (Å²) in [7, 11) is 0. The summed E-state index contributed by atoms with van der Waals surface area (Å²) >= 11 is 5.31. The zero-order valence-corrected chi connectivity index (χ0v) is 9.35. The van der Waals surface area contributed by atoms with Crippen molar-refractivity contribution in [3.05, 3.63) is 0 Å². The quantitative estimate of drug-likeness (QED) is 0.724. The van der Waals surface area contributed by atoms with Gasteiger partial charge in [0.25, 0.3) is 0 Å². The molecule has 0 bridgehead atoms. The predicted molar refractivity (Wildman–Crippen MR) is 52.3 cm³/mol. The number of rotatable bonds is 3. The van der Waals surface area contributed by atoms with Gasteiger partial charge in [-0.1, -0.05) is 0 Å². The lowest BCUT2D eigenvalue weighted by Crippen LogP contribution is -2.48. The molecule has 7 heteroatoms. The van der Waals surface area contributed by atoms with Gasteiger partial charge in [0.15, 0.2) is 0 Å². The summed E-state index contributed by atoms with van der Waals surface area (Å²) in [6.45, 7) is -0.466. The van der Waals surface area contributed by atoms with E-state index in [1.54, 1.807) is 0 Å². The maximum Gasteiger partial charge on any atom is 0.406 e. The topological polar surface area (TPSA) is 29.5 Å². The molecule has 1 saturated heterocycles. The molecule has 1 amide bonds. The summed E-state index contributed by atoms with van der Waals surface area (Å²) in [5, 5.41) is 0. The normalized spacial score (nSPS) is 18.5. The van der Waals surface area contributed by atoms with Gasteiger partial charge in [0.05, 0.1) is 0 Å². The summed E-state index contributed by atoms with van der Waals surface area (Å²) in [4.78, 5) is 12.2. The second kappa shape index (κ2) is 5.72. The third-order valence-corrected chi connectivity index (χ3v) is 2.64. The maximum atomic E-state index is 12.3. The first kappa shape index (κ1) is 13.6. The van der Waals surface area contributed by atoms with Crippen LogP contribution >= 0.6 is 11.6 Å². The van der Waals surface area contributed by atoms with E-state index in [1.165, 1.54) is 0 Å². The summed E-state index contributed by atoms with van der Waals surface area (Å²) in [6, 6.07) is -0.415. The molecule has 3 nitrogen and oxygen atoms in total. The highest BCUT2D eigenvalue weighted by Crippen LogP contribution is 2.22. The Kier molecular flexibility index (Phi) is 4.86. The first-order chi connectivity index (χ1) is 7.44. The van der Waals surface area contributed by atoms with Crippen LogP contribution in [0.2, 0.25) is 0 Å². The Morgan fingerprint density at radius 2 is 1.94 bits per heavy atom. The minimum absolute atomic E-state index is 0.384. The number of nitrogens with zero attached hydrogens (tertiary/aromatic N) is 1. The van der Waals surface area contributed by atoms with Crippen LogP contribution in [0.15, 0.2) is 0 Å². The molecule has 0 radical (unpaired) electrons. The van der Waals surface area contributed by atoms with Crippen molar-refractivity contribution < 1.29 is 22.7 Å².